The number of fused-ring (bicyclic) bond motifs is 5. The number of aromatic amines is 1. The molecule has 0 unspecified atom stereocenters. The predicted octanol–water partition coefficient (Wildman–Crippen LogP) is -1.57. The van der Waals surface area contributed by atoms with Gasteiger partial charge in [0, 0.05) is 107 Å². The van der Waals surface area contributed by atoms with E-state index in [0.29, 0.717) is 65.0 Å². The maximum absolute atomic E-state index is 15.9. The molecule has 21 N–H and O–H groups in total. The van der Waals surface area contributed by atoms with Crippen LogP contribution in [0.25, 0.3) is 21.8 Å². The zero-order chi connectivity index (χ0) is 99.6. The van der Waals surface area contributed by atoms with Crippen LogP contribution in [0.5, 0.6) is 0 Å². The Kier molecular flexibility index (Phi) is 38.5. The zero-order valence-corrected chi connectivity index (χ0v) is 77.8. The number of aliphatic carboxylic acids is 1. The Morgan fingerprint density at radius 1 is 0.529 bits per heavy atom. The molecule has 0 aliphatic carbocycles. The molecule has 9 rings (SSSR count). The lowest BCUT2D eigenvalue weighted by Crippen LogP contribution is -2.61. The molecular formula is C93H128FN21O21. The van der Waals surface area contributed by atoms with Gasteiger partial charge in [0.25, 0.3) is 5.91 Å². The summed E-state index contributed by atoms with van der Waals surface area (Å²) in [6.07, 6.45) is 0.435. The van der Waals surface area contributed by atoms with Crippen LogP contribution in [0.2, 0.25) is 0 Å². The number of H-pyrrole nitrogens is 1. The molecule has 0 saturated carbocycles. The first-order valence-electron chi connectivity index (χ1n) is 46.1. The molecule has 6 heterocycles. The number of rotatable bonds is 25. The van der Waals surface area contributed by atoms with Crippen LogP contribution >= 0.6 is 0 Å². The van der Waals surface area contributed by atoms with Crippen LogP contribution in [0.1, 0.15) is 167 Å². The highest BCUT2D eigenvalue weighted by atomic mass is 19.1. The number of benzene rings is 3. The van der Waals surface area contributed by atoms with E-state index < -0.39 is 286 Å². The minimum Gasteiger partial charge on any atom is -0.480 e. The minimum atomic E-state index is -2.01. The fourth-order valence-electron chi connectivity index (χ4n) is 17.6. The molecule has 4 aliphatic rings. The van der Waals surface area contributed by atoms with Gasteiger partial charge in [-0.15, -0.1) is 0 Å². The number of aliphatic hydroxyl groups excluding tert-OH is 1. The molecule has 14 atom stereocenters. The molecule has 4 fully saturated rings. The summed E-state index contributed by atoms with van der Waals surface area (Å²) in [5.41, 5.74) is 24.6. The molecule has 136 heavy (non-hydrogen) atoms. The monoisotopic (exact) mass is 1890 g/mol. The molecule has 43 heteroatoms. The number of aliphatic hydroxyl groups is 1. The molecule has 42 nitrogen and oxygen atoms in total. The first-order chi connectivity index (χ1) is 64.6. The molecule has 738 valence electrons. The summed E-state index contributed by atoms with van der Waals surface area (Å²) in [5.74, 6) is -21.0. The third kappa shape index (κ3) is 28.9. The number of carboxylic acids is 1. The van der Waals surface area contributed by atoms with Gasteiger partial charge in [-0.25, -0.2) is 4.39 Å². The van der Waals surface area contributed by atoms with Gasteiger partial charge in [0.2, 0.25) is 100 Å². The number of hydrogen-bond donors (Lipinski definition) is 17. The van der Waals surface area contributed by atoms with Crippen LogP contribution in [-0.4, -0.2) is 288 Å². The summed E-state index contributed by atoms with van der Waals surface area (Å²) in [6.45, 7) is 7.79. The summed E-state index contributed by atoms with van der Waals surface area (Å²) in [6, 6.07) is -2.63. The number of nitrogens with zero attached hydrogens (tertiary/aromatic N) is 6. The van der Waals surface area contributed by atoms with Gasteiger partial charge in [-0.2, -0.15) is 0 Å². The van der Waals surface area contributed by atoms with Gasteiger partial charge in [-0.3, -0.25) is 91.1 Å². The zero-order valence-electron chi connectivity index (χ0n) is 77.8. The highest BCUT2D eigenvalue weighted by Crippen LogP contribution is 2.30. The number of carbonyl (C=O) groups excluding carboxylic acids is 18. The van der Waals surface area contributed by atoms with Gasteiger partial charge < -0.3 is 120 Å². The number of carboxylic acid groups (broad SMARTS) is 1. The van der Waals surface area contributed by atoms with E-state index in [1.807, 2.05) is 13.8 Å². The lowest BCUT2D eigenvalue weighted by Gasteiger charge is -2.38. The van der Waals surface area contributed by atoms with Crippen LogP contribution in [0.3, 0.4) is 0 Å². The largest absolute Gasteiger partial charge is 0.480 e. The first kappa shape index (κ1) is 106. The summed E-state index contributed by atoms with van der Waals surface area (Å²) in [5, 5.41) is 48.9. The Hall–Kier alpha value is -13.7. The van der Waals surface area contributed by atoms with Crippen molar-refractivity contribution in [2.45, 2.75) is 261 Å². The molecule has 0 radical (unpaired) electrons. The normalized spacial score (nSPS) is 25.0. The van der Waals surface area contributed by atoms with Gasteiger partial charge in [0.15, 0.2) is 0 Å². The number of likely N-dealkylation sites (N-methyl/N-ethyl adjacent to an activating group) is 2. The minimum absolute atomic E-state index is 0.0106. The second-order valence-corrected chi connectivity index (χ2v) is 36.0. The highest BCUT2D eigenvalue weighted by Gasteiger charge is 2.47. The van der Waals surface area contributed by atoms with Crippen molar-refractivity contribution in [3.63, 3.8) is 0 Å². The third-order valence-corrected chi connectivity index (χ3v) is 24.6. The SMILES string of the molecule is CCCC[C@H]1C(=O)N(C)[C@@H](CCCC)C(=O)N[C@@H](CC(C)C)C(=O)N[C@H](C(N)=O)CNCC(=O)N[C@@H](Cc2ccc(F)cc2)C(=O)N2CCCC[C@H]2C(=O)N[C@@H](CC(N)=O)C(=O)N2CCC[C@H]2C(=O)N[C@@H](CCC(N)=O)C(=O)N/C(=C\C(C)C)C(=O)N2C[C@H](O)C[C@H]2C(=O)N[C@@H](Cc2c[nH]c3ccccc23)C(=O)N[C@@H](CC(N)=O)C(=O)N[C@@H](Cc2cn(CC(=O)O)c3ccccc23)C(=O)N1C. The fourth-order valence-corrected chi connectivity index (χ4v) is 17.6. The quantitative estimate of drug-likeness (QED) is 0.0294. The van der Waals surface area contributed by atoms with Gasteiger partial charge in [-0.1, -0.05) is 122 Å². The topological polar surface area (TPSA) is 626 Å². The Balaban J connectivity index is 1.12. The van der Waals surface area contributed by atoms with Crippen molar-refractivity contribution < 1.29 is 106 Å². The lowest BCUT2D eigenvalue weighted by molar-refractivity contribution is -0.149. The smallest absolute Gasteiger partial charge is 0.323 e. The second-order valence-electron chi connectivity index (χ2n) is 36.0. The van der Waals surface area contributed by atoms with E-state index in [9.17, 15) is 67.3 Å². The van der Waals surface area contributed by atoms with E-state index >= 15 is 38.4 Å². The Labute approximate surface area is 785 Å². The van der Waals surface area contributed by atoms with Crippen molar-refractivity contribution in [3.05, 3.63) is 119 Å². The first-order valence-corrected chi connectivity index (χ1v) is 46.1. The summed E-state index contributed by atoms with van der Waals surface area (Å²) in [7, 11) is 2.62. The number of nitrogens with two attached hydrogens (primary N) is 4. The van der Waals surface area contributed by atoms with Crippen LogP contribution in [0.15, 0.2) is 97.0 Å². The van der Waals surface area contributed by atoms with E-state index in [2.05, 4.69) is 58.2 Å². The van der Waals surface area contributed by atoms with Gasteiger partial charge in [-0.05, 0) is 111 Å². The number of carbonyl (C=O) groups is 19. The number of amides is 18. The second kappa shape index (κ2) is 49.5. The number of aromatic nitrogens is 2. The Morgan fingerprint density at radius 3 is 1.71 bits per heavy atom. The molecular weight excluding hydrogens is 1770 g/mol. The standard InChI is InChI=1S/C93H128FN21O21/c1-9-11-23-70-85(128)104-61(36-50(3)4)82(125)109-68(80(98)123)45-99-46-78(120)101-65(38-52-28-30-55(94)31-29-52)90(133)113-34-18-17-26-71(113)87(130)108-67(43-77(97)119)91(134)114-35-19-27-72(114)86(129)102-60(32-33-75(95)117)81(124)106-64(37-51(5)6)92(135)115-48-56(116)41-74(115)88(131)105-62(39-53-44-100-59-22-15-13-20-57(53)59)83(126)103-63(42-76(96)118)84(127)107-66(89(132)111(8)73(24-12-10-2)93(136)110(70)7)40-54-47-112(49-79(121)122)69-25-16-14-21-58(54)69/h13-16,20-22,25,28-31,37,44,47,50-51,56,60-63,65-68,70-74,99-100,116H,9-12,17-19,23-24,26-27,32-36,38-43,45-46,48-49H2,1-8H3,(H2,95,117)(H2,96,118)(H2,97,119)(H2,98,123)(H,101,120)(H,102,129)(H,103,126)(H,104,128)(H,105,131)(H,106,124)(H,107,127)(H,108,130)(H,109,125)(H,121,122)/b64-37-/t56-,60+,61+,62+,63+,65+,66+,67+,68+,70+,71+,72+,73+,74+/m1/s1. The van der Waals surface area contributed by atoms with E-state index in [1.165, 1.54) is 48.0 Å². The molecule has 4 aliphatic heterocycles. The molecule has 0 spiro atoms. The van der Waals surface area contributed by atoms with Crippen molar-refractivity contribution in [1.29, 1.82) is 0 Å². The summed E-state index contributed by atoms with van der Waals surface area (Å²) >= 11 is 0. The predicted molar refractivity (Wildman–Crippen MR) is 492 cm³/mol. The number of piperidine rings is 1. The summed E-state index contributed by atoms with van der Waals surface area (Å²) in [4.78, 5) is 285. The number of nitrogens with one attached hydrogen (secondary N) is 11. The number of primary amides is 4. The number of allylic oxidation sites excluding steroid dienone is 1. The van der Waals surface area contributed by atoms with Gasteiger partial charge in [0.1, 0.15) is 96.6 Å². The molecule has 2 aromatic heterocycles. The van der Waals surface area contributed by atoms with Crippen LogP contribution in [0.4, 0.5) is 4.39 Å². The van der Waals surface area contributed by atoms with Gasteiger partial charge >= 0.3 is 5.97 Å². The Bertz CT molecular complexity index is 5270. The number of para-hydroxylation sites is 2. The third-order valence-electron chi connectivity index (χ3n) is 24.6. The van der Waals surface area contributed by atoms with E-state index in [1.54, 1.807) is 82.4 Å². The average molecular weight is 1900 g/mol. The van der Waals surface area contributed by atoms with E-state index in [4.69, 9.17) is 22.9 Å². The molecule has 0 bridgehead atoms. The van der Waals surface area contributed by atoms with Crippen molar-refractivity contribution in [3.8, 4) is 0 Å². The van der Waals surface area contributed by atoms with E-state index in [-0.39, 0.29) is 75.9 Å². The van der Waals surface area contributed by atoms with Crippen molar-refractivity contribution >= 4 is 134 Å². The fraction of sp³-hybridized carbons (Fsp3) is 0.538. The molecule has 18 amide bonds. The number of halogens is 1. The Morgan fingerprint density at radius 2 is 1.07 bits per heavy atom. The average Bonchev–Trinajstić information content (AvgIpc) is 1.64. The maximum atomic E-state index is 15.9. The maximum Gasteiger partial charge on any atom is 0.323 e. The summed E-state index contributed by atoms with van der Waals surface area (Å²) < 4.78 is 15.8. The van der Waals surface area contributed by atoms with Crippen molar-refractivity contribution in [1.82, 2.24) is 87.2 Å². The van der Waals surface area contributed by atoms with Crippen LogP contribution in [-0.2, 0) is 117 Å². The van der Waals surface area contributed by atoms with Crippen LogP contribution < -0.4 is 76.1 Å². The number of unbranched alkanes of at least 4 members (excludes halogenated alkanes) is 2. The molecule has 3 aromatic carbocycles. The van der Waals surface area contributed by atoms with Crippen LogP contribution in [0, 0.1) is 17.7 Å². The highest BCUT2D eigenvalue weighted by molar-refractivity contribution is 6.05. The molecule has 5 aromatic rings. The van der Waals surface area contributed by atoms with E-state index in [0.717, 1.165) is 31.7 Å². The van der Waals surface area contributed by atoms with Crippen molar-refractivity contribution in [2.75, 3.05) is 46.8 Å². The number of hydrogen-bond acceptors (Lipinski definition) is 21. The van der Waals surface area contributed by atoms with Crippen molar-refractivity contribution in [2.24, 2.45) is 34.8 Å². The lowest BCUT2D eigenvalue weighted by atomic mass is 9.97. The molecule has 4 saturated heterocycles. The van der Waals surface area contributed by atoms with Gasteiger partial charge in [0.05, 0.1) is 25.5 Å².